The van der Waals surface area contributed by atoms with Crippen molar-refractivity contribution in [1.29, 1.82) is 0 Å². The average Bonchev–Trinajstić information content (AvgIpc) is 2.58. The topological polar surface area (TPSA) is 61.4 Å². The van der Waals surface area contributed by atoms with E-state index >= 15 is 0 Å². The van der Waals surface area contributed by atoms with Crippen LogP contribution in [0.4, 0.5) is 10.5 Å². The molecule has 2 aromatic carbocycles. The van der Waals surface area contributed by atoms with Crippen LogP contribution in [0.5, 0.6) is 0 Å². The summed E-state index contributed by atoms with van der Waals surface area (Å²) in [6.07, 6.45) is 0. The van der Waals surface area contributed by atoms with Gasteiger partial charge in [-0.1, -0.05) is 54.1 Å². The molecule has 0 radical (unpaired) electrons. The second-order valence-corrected chi connectivity index (χ2v) is 6.07. The lowest BCUT2D eigenvalue weighted by Crippen LogP contribution is -2.53. The summed E-state index contributed by atoms with van der Waals surface area (Å²) in [5.41, 5.74) is 2.22. The van der Waals surface area contributed by atoms with Crippen molar-refractivity contribution in [3.05, 3.63) is 64.7 Å². The molecule has 1 unspecified atom stereocenters. The third-order valence-corrected chi connectivity index (χ3v) is 4.36. The fourth-order valence-electron chi connectivity index (χ4n) is 2.82. The molecule has 1 saturated heterocycles. The van der Waals surface area contributed by atoms with E-state index in [0.717, 1.165) is 11.1 Å². The zero-order valence-corrected chi connectivity index (χ0v) is 14.0. The van der Waals surface area contributed by atoms with Gasteiger partial charge in [0.15, 0.2) is 0 Å². The molecule has 124 valence electrons. The van der Waals surface area contributed by atoms with E-state index in [9.17, 15) is 9.59 Å². The summed E-state index contributed by atoms with van der Waals surface area (Å²) >= 11 is 6.18. The Bertz CT molecular complexity index is 744. The second-order valence-electron chi connectivity index (χ2n) is 5.66. The first-order valence-corrected chi connectivity index (χ1v) is 8.11. The normalized spacial score (nSPS) is 17.3. The quantitative estimate of drug-likeness (QED) is 0.878. The molecular weight excluding hydrogens is 326 g/mol. The predicted octanol–water partition coefficient (Wildman–Crippen LogP) is 3.35. The van der Waals surface area contributed by atoms with Gasteiger partial charge in [-0.2, -0.15) is 0 Å². The molecule has 1 heterocycles. The Labute approximate surface area is 145 Å². The number of carbonyl (C=O) groups is 2. The van der Waals surface area contributed by atoms with E-state index in [1.807, 2.05) is 49.4 Å². The van der Waals surface area contributed by atoms with E-state index < -0.39 is 6.04 Å². The molecule has 1 fully saturated rings. The van der Waals surface area contributed by atoms with Gasteiger partial charge in [-0.15, -0.1) is 0 Å². The van der Waals surface area contributed by atoms with Crippen molar-refractivity contribution >= 4 is 29.2 Å². The highest BCUT2D eigenvalue weighted by Crippen LogP contribution is 2.28. The number of hydrogen-bond acceptors (Lipinski definition) is 2. The number of para-hydroxylation sites is 1. The molecule has 1 aliphatic rings. The fourth-order valence-corrected chi connectivity index (χ4v) is 3.09. The number of halogens is 1. The molecule has 3 amide bonds. The zero-order chi connectivity index (χ0) is 17.1. The highest BCUT2D eigenvalue weighted by atomic mass is 35.5. The molecule has 0 saturated carbocycles. The maximum Gasteiger partial charge on any atom is 0.322 e. The van der Waals surface area contributed by atoms with Gasteiger partial charge in [-0.3, -0.25) is 4.79 Å². The summed E-state index contributed by atoms with van der Waals surface area (Å²) in [5.74, 6) is -0.182. The van der Waals surface area contributed by atoms with Gasteiger partial charge in [0.2, 0.25) is 5.91 Å². The first kappa shape index (κ1) is 16.3. The van der Waals surface area contributed by atoms with Crippen molar-refractivity contribution in [3.63, 3.8) is 0 Å². The fraction of sp³-hybridized carbons (Fsp3) is 0.222. The molecule has 0 bridgehead atoms. The number of aryl methyl sites for hydroxylation is 1. The van der Waals surface area contributed by atoms with Crippen LogP contribution >= 0.6 is 11.6 Å². The lowest BCUT2D eigenvalue weighted by Gasteiger charge is -2.35. The molecule has 2 aromatic rings. The third-order valence-electron chi connectivity index (χ3n) is 4.04. The first-order valence-electron chi connectivity index (χ1n) is 7.73. The van der Waals surface area contributed by atoms with E-state index in [4.69, 9.17) is 11.6 Å². The SMILES string of the molecule is Cc1cccc(Cl)c1NC(=O)N1CCNC(=O)C1c1ccccc1. The van der Waals surface area contributed by atoms with Gasteiger partial charge >= 0.3 is 6.03 Å². The minimum absolute atomic E-state index is 0.182. The molecule has 0 spiro atoms. The van der Waals surface area contributed by atoms with Gasteiger partial charge in [-0.05, 0) is 24.1 Å². The number of carbonyl (C=O) groups excluding carboxylic acids is 2. The van der Waals surface area contributed by atoms with E-state index in [1.54, 1.807) is 6.07 Å². The Morgan fingerprint density at radius 2 is 1.96 bits per heavy atom. The molecule has 5 nitrogen and oxygen atoms in total. The van der Waals surface area contributed by atoms with Crippen molar-refractivity contribution < 1.29 is 9.59 Å². The largest absolute Gasteiger partial charge is 0.352 e. The van der Waals surface area contributed by atoms with Crippen LogP contribution in [0.25, 0.3) is 0 Å². The number of anilines is 1. The van der Waals surface area contributed by atoms with Gasteiger partial charge in [0.05, 0.1) is 10.7 Å². The summed E-state index contributed by atoms with van der Waals surface area (Å²) in [5, 5.41) is 6.13. The van der Waals surface area contributed by atoms with E-state index in [0.29, 0.717) is 23.8 Å². The smallest absolute Gasteiger partial charge is 0.322 e. The van der Waals surface area contributed by atoms with Crippen LogP contribution in [0.3, 0.4) is 0 Å². The summed E-state index contributed by atoms with van der Waals surface area (Å²) in [7, 11) is 0. The first-order chi connectivity index (χ1) is 11.6. The van der Waals surface area contributed by atoms with Crippen LogP contribution in [0.2, 0.25) is 5.02 Å². The van der Waals surface area contributed by atoms with Crippen LogP contribution in [0.1, 0.15) is 17.2 Å². The number of benzene rings is 2. The average molecular weight is 344 g/mol. The van der Waals surface area contributed by atoms with Crippen LogP contribution in [0, 0.1) is 6.92 Å². The van der Waals surface area contributed by atoms with Gasteiger partial charge in [0.25, 0.3) is 0 Å². The van der Waals surface area contributed by atoms with Gasteiger partial charge < -0.3 is 15.5 Å². The minimum atomic E-state index is -0.650. The molecule has 6 heteroatoms. The number of nitrogens with zero attached hydrogens (tertiary/aromatic N) is 1. The van der Waals surface area contributed by atoms with Crippen molar-refractivity contribution in [2.45, 2.75) is 13.0 Å². The van der Waals surface area contributed by atoms with Crippen molar-refractivity contribution in [3.8, 4) is 0 Å². The Balaban J connectivity index is 1.88. The van der Waals surface area contributed by atoms with Crippen molar-refractivity contribution in [1.82, 2.24) is 10.2 Å². The van der Waals surface area contributed by atoms with E-state index in [-0.39, 0.29) is 11.9 Å². The summed E-state index contributed by atoms with van der Waals surface area (Å²) in [6.45, 7) is 2.73. The predicted molar refractivity (Wildman–Crippen MR) is 94.1 cm³/mol. The lowest BCUT2D eigenvalue weighted by atomic mass is 10.0. The molecule has 1 atom stereocenters. The maximum atomic E-state index is 12.8. The highest BCUT2D eigenvalue weighted by molar-refractivity contribution is 6.33. The maximum absolute atomic E-state index is 12.8. The number of amides is 3. The van der Waals surface area contributed by atoms with Gasteiger partial charge in [0, 0.05) is 13.1 Å². The van der Waals surface area contributed by atoms with E-state index in [1.165, 1.54) is 4.90 Å². The molecule has 1 aliphatic heterocycles. The van der Waals surface area contributed by atoms with Crippen molar-refractivity contribution in [2.24, 2.45) is 0 Å². The number of hydrogen-bond donors (Lipinski definition) is 2. The lowest BCUT2D eigenvalue weighted by molar-refractivity contribution is -0.127. The molecule has 3 rings (SSSR count). The second kappa shape index (κ2) is 6.93. The number of piperazine rings is 1. The summed E-state index contributed by atoms with van der Waals surface area (Å²) < 4.78 is 0. The molecular formula is C18H18ClN3O2. The van der Waals surface area contributed by atoms with Crippen LogP contribution in [-0.2, 0) is 4.79 Å². The molecule has 0 aromatic heterocycles. The number of rotatable bonds is 2. The van der Waals surface area contributed by atoms with E-state index in [2.05, 4.69) is 10.6 Å². The van der Waals surface area contributed by atoms with Gasteiger partial charge in [-0.25, -0.2) is 4.79 Å². The Kier molecular flexibility index (Phi) is 4.71. The zero-order valence-electron chi connectivity index (χ0n) is 13.3. The molecule has 0 aliphatic carbocycles. The monoisotopic (exact) mass is 343 g/mol. The number of nitrogens with one attached hydrogen (secondary N) is 2. The Hall–Kier alpha value is -2.53. The Morgan fingerprint density at radius 1 is 1.21 bits per heavy atom. The molecule has 2 N–H and O–H groups in total. The summed E-state index contributed by atoms with van der Waals surface area (Å²) in [6, 6.07) is 13.7. The summed E-state index contributed by atoms with van der Waals surface area (Å²) in [4.78, 5) is 26.7. The van der Waals surface area contributed by atoms with Crippen LogP contribution in [0.15, 0.2) is 48.5 Å². The van der Waals surface area contributed by atoms with Crippen molar-refractivity contribution in [2.75, 3.05) is 18.4 Å². The highest BCUT2D eigenvalue weighted by Gasteiger charge is 2.34. The molecule has 24 heavy (non-hydrogen) atoms. The van der Waals surface area contributed by atoms with Gasteiger partial charge in [0.1, 0.15) is 6.04 Å². The minimum Gasteiger partial charge on any atom is -0.352 e. The number of urea groups is 1. The Morgan fingerprint density at radius 3 is 2.67 bits per heavy atom. The van der Waals surface area contributed by atoms with Crippen LogP contribution < -0.4 is 10.6 Å². The third kappa shape index (κ3) is 3.21. The van der Waals surface area contributed by atoms with Crippen LogP contribution in [-0.4, -0.2) is 29.9 Å². The standard InChI is InChI=1S/C18H18ClN3O2/c1-12-6-5-9-14(19)15(12)21-18(24)22-11-10-20-17(23)16(22)13-7-3-2-4-8-13/h2-9,16H,10-11H2,1H3,(H,20,23)(H,21,24).